The van der Waals surface area contributed by atoms with Gasteiger partial charge in [-0.05, 0) is 24.6 Å². The van der Waals surface area contributed by atoms with Crippen LogP contribution in [0.15, 0.2) is 40.1 Å². The quantitative estimate of drug-likeness (QED) is 0.564. The number of amides is 1. The van der Waals surface area contributed by atoms with E-state index in [0.717, 1.165) is 18.2 Å². The largest absolute Gasteiger partial charge is 0.478 e. The van der Waals surface area contributed by atoms with E-state index in [2.05, 4.69) is 31.2 Å². The molecule has 0 spiro atoms. The van der Waals surface area contributed by atoms with Gasteiger partial charge >= 0.3 is 0 Å². The normalized spacial score (nSPS) is 10.4. The molecule has 0 radical (unpaired) electrons. The summed E-state index contributed by atoms with van der Waals surface area (Å²) in [6.07, 6.45) is 2.46. The Balaban J connectivity index is 1.89. The Morgan fingerprint density at radius 2 is 2.26 bits per heavy atom. The molecule has 2 rings (SSSR count). The summed E-state index contributed by atoms with van der Waals surface area (Å²) < 4.78 is 19.7. The number of carbonyl (C=O) groups excluding carboxylic acids is 1. The van der Waals surface area contributed by atoms with Crippen LogP contribution in [-0.2, 0) is 4.79 Å². The summed E-state index contributed by atoms with van der Waals surface area (Å²) in [4.78, 5) is 20.1. The van der Waals surface area contributed by atoms with Crippen molar-refractivity contribution in [3.8, 4) is 5.88 Å². The van der Waals surface area contributed by atoms with Crippen LogP contribution < -0.4 is 10.1 Å². The van der Waals surface area contributed by atoms with Gasteiger partial charge in [0.05, 0.1) is 18.0 Å². The van der Waals surface area contributed by atoms with Crippen molar-refractivity contribution < 1.29 is 13.9 Å². The van der Waals surface area contributed by atoms with Crippen molar-refractivity contribution in [1.82, 2.24) is 9.97 Å². The second-order valence-corrected chi connectivity index (χ2v) is 6.35. The van der Waals surface area contributed by atoms with Crippen molar-refractivity contribution in [2.45, 2.75) is 18.5 Å². The first-order chi connectivity index (χ1) is 11.1. The highest BCUT2D eigenvalue weighted by atomic mass is 79.9. The van der Waals surface area contributed by atoms with Gasteiger partial charge in [-0.3, -0.25) is 4.79 Å². The zero-order valence-electron chi connectivity index (χ0n) is 12.4. The van der Waals surface area contributed by atoms with Gasteiger partial charge in [-0.1, -0.05) is 34.6 Å². The topological polar surface area (TPSA) is 64.1 Å². The molecular weight excluding hydrogens is 385 g/mol. The van der Waals surface area contributed by atoms with Gasteiger partial charge in [0.2, 0.25) is 11.8 Å². The summed E-state index contributed by atoms with van der Waals surface area (Å²) >= 11 is 4.32. The number of hydrogen-bond acceptors (Lipinski definition) is 5. The molecule has 0 saturated carbocycles. The lowest BCUT2D eigenvalue weighted by Gasteiger charge is -2.07. The van der Waals surface area contributed by atoms with Crippen LogP contribution in [-0.4, -0.2) is 28.2 Å². The van der Waals surface area contributed by atoms with E-state index in [0.29, 0.717) is 22.1 Å². The summed E-state index contributed by atoms with van der Waals surface area (Å²) in [5, 5.41) is 2.95. The summed E-state index contributed by atoms with van der Waals surface area (Å²) in [7, 11) is 0. The molecule has 0 unspecified atom stereocenters. The van der Waals surface area contributed by atoms with Gasteiger partial charge in [-0.25, -0.2) is 9.37 Å². The van der Waals surface area contributed by atoms with Crippen LogP contribution in [0.1, 0.15) is 13.3 Å². The predicted octanol–water partition coefficient (Wildman–Crippen LogP) is 3.90. The molecule has 0 fully saturated rings. The molecule has 1 amide bonds. The number of nitrogens with one attached hydrogen (secondary N) is 1. The Morgan fingerprint density at radius 1 is 1.43 bits per heavy atom. The summed E-state index contributed by atoms with van der Waals surface area (Å²) in [6.45, 7) is 2.58. The highest BCUT2D eigenvalue weighted by Gasteiger charge is 2.09. The molecule has 0 aliphatic rings. The van der Waals surface area contributed by atoms with Crippen LogP contribution >= 0.6 is 27.7 Å². The molecule has 8 heteroatoms. The molecule has 0 aliphatic carbocycles. The average Bonchev–Trinajstić information content (AvgIpc) is 2.54. The smallest absolute Gasteiger partial charge is 0.234 e. The van der Waals surface area contributed by atoms with E-state index in [1.807, 2.05) is 6.92 Å². The van der Waals surface area contributed by atoms with Crippen molar-refractivity contribution >= 4 is 39.3 Å². The highest BCUT2D eigenvalue weighted by Crippen LogP contribution is 2.20. The number of carbonyl (C=O) groups is 1. The predicted molar refractivity (Wildman–Crippen MR) is 91.3 cm³/mol. The van der Waals surface area contributed by atoms with Gasteiger partial charge < -0.3 is 10.1 Å². The van der Waals surface area contributed by atoms with E-state index in [4.69, 9.17) is 4.74 Å². The monoisotopic (exact) mass is 399 g/mol. The van der Waals surface area contributed by atoms with Gasteiger partial charge in [0, 0.05) is 16.7 Å². The van der Waals surface area contributed by atoms with Gasteiger partial charge in [-0.2, -0.15) is 4.98 Å². The van der Waals surface area contributed by atoms with Crippen LogP contribution in [0.2, 0.25) is 0 Å². The molecule has 5 nitrogen and oxygen atoms in total. The molecule has 1 aromatic heterocycles. The average molecular weight is 400 g/mol. The fraction of sp³-hybridized carbons (Fsp3) is 0.267. The van der Waals surface area contributed by atoms with Gasteiger partial charge in [-0.15, -0.1) is 0 Å². The second kappa shape index (κ2) is 8.83. The van der Waals surface area contributed by atoms with E-state index in [1.54, 1.807) is 18.3 Å². The second-order valence-electron chi connectivity index (χ2n) is 4.49. The third-order valence-electron chi connectivity index (χ3n) is 2.60. The van der Waals surface area contributed by atoms with E-state index < -0.39 is 5.82 Å². The molecule has 122 valence electrons. The lowest BCUT2D eigenvalue weighted by atomic mass is 10.3. The third kappa shape index (κ3) is 5.80. The minimum atomic E-state index is -0.496. The van der Waals surface area contributed by atoms with Gasteiger partial charge in [0.1, 0.15) is 5.82 Å². The summed E-state index contributed by atoms with van der Waals surface area (Å²) in [5.74, 6) is -0.278. The molecule has 0 aliphatic heterocycles. The Kier molecular flexibility index (Phi) is 6.79. The van der Waals surface area contributed by atoms with Crippen LogP contribution in [0, 0.1) is 5.82 Å². The molecule has 2 aromatic rings. The van der Waals surface area contributed by atoms with E-state index in [1.165, 1.54) is 12.1 Å². The minimum Gasteiger partial charge on any atom is -0.478 e. The highest BCUT2D eigenvalue weighted by molar-refractivity contribution is 9.10. The Bertz CT molecular complexity index is 688. The number of ether oxygens (including phenoxy) is 1. The molecular formula is C15H15BrFN3O2S. The maximum atomic E-state index is 13.7. The summed E-state index contributed by atoms with van der Waals surface area (Å²) in [6, 6.07) is 6.11. The fourth-order valence-electron chi connectivity index (χ4n) is 1.59. The number of halogens is 2. The molecule has 1 heterocycles. The molecule has 0 bridgehead atoms. The number of thioether (sulfide) groups is 1. The van der Waals surface area contributed by atoms with Crippen molar-refractivity contribution in [1.29, 1.82) is 0 Å². The zero-order valence-corrected chi connectivity index (χ0v) is 14.8. The van der Waals surface area contributed by atoms with Crippen molar-refractivity contribution in [3.05, 3.63) is 40.8 Å². The maximum absolute atomic E-state index is 13.7. The van der Waals surface area contributed by atoms with Gasteiger partial charge in [0.25, 0.3) is 0 Å². The Morgan fingerprint density at radius 3 is 3.00 bits per heavy atom. The first-order valence-electron chi connectivity index (χ1n) is 6.92. The number of hydrogen-bond donors (Lipinski definition) is 1. The Hall–Kier alpha value is -1.67. The van der Waals surface area contributed by atoms with Crippen LogP contribution in [0.5, 0.6) is 5.88 Å². The third-order valence-corrected chi connectivity index (χ3v) is 3.95. The molecule has 0 atom stereocenters. The number of aromatic nitrogens is 2. The van der Waals surface area contributed by atoms with Crippen LogP contribution in [0.3, 0.4) is 0 Å². The standard InChI is InChI=1S/C15H15BrFN3O2S/c1-2-7-22-14-5-6-18-15(20-14)23-9-13(21)19-12-4-3-10(16)8-11(12)17/h3-6,8H,2,7,9H2,1H3,(H,19,21). The fourth-order valence-corrected chi connectivity index (χ4v) is 2.54. The Labute approximate surface area is 146 Å². The first kappa shape index (κ1) is 17.7. The molecule has 1 aromatic carbocycles. The van der Waals surface area contributed by atoms with E-state index >= 15 is 0 Å². The summed E-state index contributed by atoms with van der Waals surface area (Å²) in [5.41, 5.74) is 0.139. The minimum absolute atomic E-state index is 0.0761. The van der Waals surface area contributed by atoms with Gasteiger partial charge in [0.15, 0.2) is 5.16 Å². The maximum Gasteiger partial charge on any atom is 0.234 e. The van der Waals surface area contributed by atoms with Crippen LogP contribution in [0.25, 0.3) is 0 Å². The lowest BCUT2D eigenvalue weighted by molar-refractivity contribution is -0.113. The van der Waals surface area contributed by atoms with Crippen molar-refractivity contribution in [2.75, 3.05) is 17.7 Å². The van der Waals surface area contributed by atoms with E-state index in [9.17, 15) is 9.18 Å². The van der Waals surface area contributed by atoms with Crippen LogP contribution in [0.4, 0.5) is 10.1 Å². The van der Waals surface area contributed by atoms with Crippen molar-refractivity contribution in [3.63, 3.8) is 0 Å². The van der Waals surface area contributed by atoms with E-state index in [-0.39, 0.29) is 17.3 Å². The first-order valence-corrected chi connectivity index (χ1v) is 8.70. The number of nitrogens with zero attached hydrogens (tertiary/aromatic N) is 2. The molecule has 0 saturated heterocycles. The SMILES string of the molecule is CCCOc1ccnc(SCC(=O)Nc2ccc(Br)cc2F)n1. The molecule has 1 N–H and O–H groups in total. The zero-order chi connectivity index (χ0) is 16.7. The number of anilines is 1. The van der Waals surface area contributed by atoms with Crippen molar-refractivity contribution in [2.24, 2.45) is 0 Å². The number of benzene rings is 1. The lowest BCUT2D eigenvalue weighted by Crippen LogP contribution is -2.15. The number of rotatable bonds is 7. The molecule has 23 heavy (non-hydrogen) atoms.